The third-order valence-electron chi connectivity index (χ3n) is 6.31. The minimum absolute atomic E-state index is 0.0884. The fraction of sp³-hybridized carbons (Fsp3) is 0.269. The minimum atomic E-state index is -4.46. The molecule has 0 aliphatic heterocycles. The Morgan fingerprint density at radius 1 is 1.05 bits per heavy atom. The predicted molar refractivity (Wildman–Crippen MR) is 125 cm³/mol. The fourth-order valence-electron chi connectivity index (χ4n) is 4.08. The highest BCUT2D eigenvalue weighted by Gasteiger charge is 2.66. The summed E-state index contributed by atoms with van der Waals surface area (Å²) in [7, 11) is 0. The van der Waals surface area contributed by atoms with Crippen LogP contribution in [0, 0.1) is 12.7 Å². The van der Waals surface area contributed by atoms with Gasteiger partial charge in [0.25, 0.3) is 0 Å². The molecule has 0 bridgehead atoms. The Bertz CT molecular complexity index is 1450. The molecule has 1 amide bonds. The number of nitrogens with zero attached hydrogens (tertiary/aromatic N) is 4. The summed E-state index contributed by atoms with van der Waals surface area (Å²) in [6, 6.07) is 9.30. The zero-order valence-electron chi connectivity index (χ0n) is 19.6. The molecule has 0 atom stereocenters. The van der Waals surface area contributed by atoms with Crippen molar-refractivity contribution in [2.45, 2.75) is 44.2 Å². The van der Waals surface area contributed by atoms with Crippen molar-refractivity contribution in [1.29, 1.82) is 0 Å². The third kappa shape index (κ3) is 5.20. The predicted octanol–water partition coefficient (Wildman–Crippen LogP) is 5.34. The monoisotopic (exact) mass is 511 g/mol. The lowest BCUT2D eigenvalue weighted by Gasteiger charge is -2.14. The summed E-state index contributed by atoms with van der Waals surface area (Å²) in [6.45, 7) is 1.90. The first kappa shape index (κ1) is 24.5. The summed E-state index contributed by atoms with van der Waals surface area (Å²) in [6.07, 6.45) is 0.506. The van der Waals surface area contributed by atoms with Crippen molar-refractivity contribution in [1.82, 2.24) is 20.1 Å². The van der Waals surface area contributed by atoms with E-state index in [-0.39, 0.29) is 36.4 Å². The molecular formula is C26H21F4N5O2. The molecule has 190 valence electrons. The van der Waals surface area contributed by atoms with Gasteiger partial charge in [0, 0.05) is 42.3 Å². The van der Waals surface area contributed by atoms with Crippen molar-refractivity contribution in [3.63, 3.8) is 0 Å². The number of carbonyl (C=O) groups excluding carboxylic acids is 1. The van der Waals surface area contributed by atoms with Crippen molar-refractivity contribution < 1.29 is 26.9 Å². The van der Waals surface area contributed by atoms with Crippen LogP contribution in [0.15, 0.2) is 59.5 Å². The van der Waals surface area contributed by atoms with Gasteiger partial charge >= 0.3 is 6.18 Å². The van der Waals surface area contributed by atoms with Crippen molar-refractivity contribution in [2.24, 2.45) is 0 Å². The quantitative estimate of drug-likeness (QED) is 0.337. The SMILES string of the molecule is Cc1cc(Cc2ncc(-c3ccc(CC(=O)Nc4cc(C5(C(F)(F)F)CC5)on4)c(F)c3)cn2)ccn1. The molecule has 0 spiro atoms. The van der Waals surface area contributed by atoms with E-state index in [4.69, 9.17) is 4.52 Å². The van der Waals surface area contributed by atoms with Gasteiger partial charge in [-0.15, -0.1) is 0 Å². The number of carbonyl (C=O) groups is 1. The van der Waals surface area contributed by atoms with Crippen LogP contribution >= 0.6 is 0 Å². The molecule has 1 aliphatic rings. The van der Waals surface area contributed by atoms with Crippen molar-refractivity contribution in [3.8, 4) is 11.1 Å². The van der Waals surface area contributed by atoms with Crippen LogP contribution in [-0.2, 0) is 23.1 Å². The highest BCUT2D eigenvalue weighted by Crippen LogP contribution is 2.59. The lowest BCUT2D eigenvalue weighted by atomic mass is 10.0. The summed E-state index contributed by atoms with van der Waals surface area (Å²) in [4.78, 5) is 25.3. The molecule has 1 fully saturated rings. The smallest absolute Gasteiger partial charge is 0.358 e. The van der Waals surface area contributed by atoms with Gasteiger partial charge in [-0.05, 0) is 54.7 Å². The Kier molecular flexibility index (Phi) is 6.22. The maximum Gasteiger partial charge on any atom is 0.401 e. The lowest BCUT2D eigenvalue weighted by molar-refractivity contribution is -0.165. The zero-order valence-corrected chi connectivity index (χ0v) is 19.6. The Balaban J connectivity index is 1.22. The van der Waals surface area contributed by atoms with E-state index >= 15 is 0 Å². The Hall–Kier alpha value is -4.15. The summed E-state index contributed by atoms with van der Waals surface area (Å²) in [5, 5.41) is 5.88. The first-order valence-electron chi connectivity index (χ1n) is 11.5. The second-order valence-corrected chi connectivity index (χ2v) is 9.06. The van der Waals surface area contributed by atoms with Gasteiger partial charge in [-0.3, -0.25) is 9.78 Å². The zero-order chi connectivity index (χ0) is 26.2. The van der Waals surface area contributed by atoms with Gasteiger partial charge in [-0.1, -0.05) is 17.3 Å². The van der Waals surface area contributed by atoms with E-state index in [1.165, 1.54) is 12.1 Å². The average molecular weight is 511 g/mol. The van der Waals surface area contributed by atoms with Crippen molar-refractivity contribution in [2.75, 3.05) is 5.32 Å². The van der Waals surface area contributed by atoms with E-state index in [0.29, 0.717) is 23.4 Å². The Morgan fingerprint density at radius 3 is 2.46 bits per heavy atom. The number of amides is 1. The number of aryl methyl sites for hydroxylation is 1. The maximum atomic E-state index is 14.8. The molecule has 0 unspecified atom stereocenters. The van der Waals surface area contributed by atoms with Gasteiger partial charge in [-0.2, -0.15) is 13.2 Å². The minimum Gasteiger partial charge on any atom is -0.358 e. The molecule has 7 nitrogen and oxygen atoms in total. The number of anilines is 1. The lowest BCUT2D eigenvalue weighted by Crippen LogP contribution is -2.28. The van der Waals surface area contributed by atoms with E-state index in [1.807, 2.05) is 19.1 Å². The van der Waals surface area contributed by atoms with Gasteiger partial charge < -0.3 is 9.84 Å². The third-order valence-corrected chi connectivity index (χ3v) is 6.31. The molecule has 1 saturated carbocycles. The van der Waals surface area contributed by atoms with Crippen molar-refractivity contribution >= 4 is 11.7 Å². The second-order valence-electron chi connectivity index (χ2n) is 9.06. The van der Waals surface area contributed by atoms with Crippen LogP contribution in [0.25, 0.3) is 11.1 Å². The number of hydrogen-bond acceptors (Lipinski definition) is 6. The maximum absolute atomic E-state index is 14.8. The fourth-order valence-corrected chi connectivity index (χ4v) is 4.08. The number of pyridine rings is 1. The molecule has 5 rings (SSSR count). The number of rotatable bonds is 7. The second kappa shape index (κ2) is 9.38. The number of benzene rings is 1. The number of alkyl halides is 3. The summed E-state index contributed by atoms with van der Waals surface area (Å²) in [5.74, 6) is -1.12. The number of nitrogens with one attached hydrogen (secondary N) is 1. The Labute approximate surface area is 209 Å². The number of hydrogen-bond donors (Lipinski definition) is 1. The largest absolute Gasteiger partial charge is 0.401 e. The van der Waals surface area contributed by atoms with E-state index in [1.54, 1.807) is 24.7 Å². The molecular weight excluding hydrogens is 490 g/mol. The number of halogens is 4. The van der Waals surface area contributed by atoms with Gasteiger partial charge in [-0.25, -0.2) is 14.4 Å². The molecule has 0 saturated heterocycles. The van der Waals surface area contributed by atoms with Crippen LogP contribution < -0.4 is 5.32 Å². The summed E-state index contributed by atoms with van der Waals surface area (Å²) >= 11 is 0. The normalized spacial score (nSPS) is 14.4. The molecule has 3 aromatic heterocycles. The van der Waals surface area contributed by atoms with Crippen molar-refractivity contribution in [3.05, 3.63) is 89.2 Å². The summed E-state index contributed by atoms with van der Waals surface area (Å²) < 4.78 is 59.3. The molecule has 0 radical (unpaired) electrons. The van der Waals surface area contributed by atoms with Gasteiger partial charge in [0.2, 0.25) is 5.91 Å². The van der Waals surface area contributed by atoms with Crippen LogP contribution in [0.3, 0.4) is 0 Å². The topological polar surface area (TPSA) is 93.8 Å². The first-order chi connectivity index (χ1) is 17.6. The standard InChI is InChI=1S/C26H21F4N5O2/c1-15-8-16(4-7-31-15)9-22-32-13-19(14-33-22)17-2-3-18(20(27)10-17)11-24(36)34-23-12-21(37-35-23)25(5-6-25)26(28,29)30/h2-4,7-8,10,12-14H,5-6,9,11H2,1H3,(H,34,35,36). The highest BCUT2D eigenvalue weighted by atomic mass is 19.4. The average Bonchev–Trinajstić information content (AvgIpc) is 3.55. The highest BCUT2D eigenvalue weighted by molar-refractivity contribution is 5.91. The molecule has 1 aromatic carbocycles. The Morgan fingerprint density at radius 2 is 1.81 bits per heavy atom. The number of aromatic nitrogens is 4. The molecule has 1 N–H and O–H groups in total. The molecule has 11 heteroatoms. The molecule has 4 aromatic rings. The van der Waals surface area contributed by atoms with E-state index in [0.717, 1.165) is 17.3 Å². The van der Waals surface area contributed by atoms with Crippen LogP contribution in [-0.4, -0.2) is 32.2 Å². The summed E-state index contributed by atoms with van der Waals surface area (Å²) in [5.41, 5.74) is 1.16. The van der Waals surface area contributed by atoms with Crippen LogP contribution in [0.1, 0.15) is 41.2 Å². The first-order valence-corrected chi connectivity index (χ1v) is 11.5. The van der Waals surface area contributed by atoms with Crippen LogP contribution in [0.5, 0.6) is 0 Å². The van der Waals surface area contributed by atoms with Gasteiger partial charge in [0.15, 0.2) is 11.6 Å². The van der Waals surface area contributed by atoms with Crippen LogP contribution in [0.4, 0.5) is 23.4 Å². The molecule has 37 heavy (non-hydrogen) atoms. The van der Waals surface area contributed by atoms with E-state index in [2.05, 4.69) is 25.4 Å². The van der Waals surface area contributed by atoms with Gasteiger partial charge in [0.05, 0.1) is 6.42 Å². The van der Waals surface area contributed by atoms with Crippen LogP contribution in [0.2, 0.25) is 0 Å². The van der Waals surface area contributed by atoms with E-state index < -0.39 is 23.3 Å². The van der Waals surface area contributed by atoms with E-state index in [9.17, 15) is 22.4 Å². The molecule has 1 aliphatic carbocycles. The molecule has 3 heterocycles. The van der Waals surface area contributed by atoms with Gasteiger partial charge in [0.1, 0.15) is 17.1 Å².